The van der Waals surface area contributed by atoms with Crippen LogP contribution in [0.3, 0.4) is 0 Å². The van der Waals surface area contributed by atoms with Crippen LogP contribution in [-0.4, -0.2) is 45.8 Å². The molecule has 2 aromatic carbocycles. The van der Waals surface area contributed by atoms with Gasteiger partial charge in [0.05, 0.1) is 30.7 Å². The van der Waals surface area contributed by atoms with Gasteiger partial charge in [0.25, 0.3) is 12.2 Å². The number of hydrogen-bond acceptors (Lipinski definition) is 5. The molecule has 0 atom stereocenters. The fourth-order valence-corrected chi connectivity index (χ4v) is 3.91. The van der Waals surface area contributed by atoms with Crippen molar-refractivity contribution in [1.82, 2.24) is 19.6 Å². The molecule has 10 heteroatoms. The van der Waals surface area contributed by atoms with Crippen molar-refractivity contribution < 1.29 is 22.3 Å². The maximum absolute atomic E-state index is 14.6. The van der Waals surface area contributed by atoms with Crippen LogP contribution in [0.5, 0.6) is 0 Å². The van der Waals surface area contributed by atoms with Crippen LogP contribution in [0.15, 0.2) is 36.4 Å². The number of ether oxygens (including phenoxy) is 1. The Morgan fingerprint density at radius 2 is 1.91 bits per heavy atom. The molecule has 5 rings (SSSR count). The molecule has 0 unspecified atom stereocenters. The quantitative estimate of drug-likeness (QED) is 0.322. The second-order valence-corrected chi connectivity index (χ2v) is 8.48. The van der Waals surface area contributed by atoms with E-state index < -0.39 is 24.6 Å². The van der Waals surface area contributed by atoms with Crippen LogP contribution in [0.25, 0.3) is 16.7 Å². The van der Waals surface area contributed by atoms with Gasteiger partial charge in [0.2, 0.25) is 0 Å². The maximum Gasteiger partial charge on any atom is 0.257 e. The van der Waals surface area contributed by atoms with Gasteiger partial charge in [-0.05, 0) is 50.2 Å². The van der Waals surface area contributed by atoms with Gasteiger partial charge in [0, 0.05) is 16.6 Å². The third-order valence-electron chi connectivity index (χ3n) is 5.57. The van der Waals surface area contributed by atoms with Crippen LogP contribution in [0, 0.1) is 35.8 Å². The number of aromatic nitrogens is 4. The number of fused-ring (bicyclic) bond motifs is 3. The second-order valence-electron chi connectivity index (χ2n) is 8.48. The SMILES string of the molecule is Cc1nnc2nc(N(CC(F)F)c3cc(F)cc(C#CC4(C)COC4)c3)c3cc(F)ccc3n12. The maximum atomic E-state index is 14.6. The van der Waals surface area contributed by atoms with Gasteiger partial charge in [-0.2, -0.15) is 4.98 Å². The Kier molecular flexibility index (Phi) is 5.37. The van der Waals surface area contributed by atoms with E-state index in [4.69, 9.17) is 4.74 Å². The average Bonchev–Trinajstić information content (AvgIpc) is 3.14. The van der Waals surface area contributed by atoms with E-state index in [9.17, 15) is 17.6 Å². The van der Waals surface area contributed by atoms with E-state index in [1.54, 1.807) is 11.3 Å². The summed E-state index contributed by atoms with van der Waals surface area (Å²) >= 11 is 0. The Morgan fingerprint density at radius 1 is 1.12 bits per heavy atom. The minimum atomic E-state index is -2.79. The third kappa shape index (κ3) is 4.03. The zero-order chi connectivity index (χ0) is 24.0. The van der Waals surface area contributed by atoms with Gasteiger partial charge in [0.1, 0.15) is 23.3 Å². The van der Waals surface area contributed by atoms with E-state index in [-0.39, 0.29) is 28.1 Å². The summed E-state index contributed by atoms with van der Waals surface area (Å²) in [6.07, 6.45) is -2.79. The molecule has 3 heterocycles. The van der Waals surface area contributed by atoms with Crippen molar-refractivity contribution in [3.05, 3.63) is 59.4 Å². The Balaban J connectivity index is 1.70. The lowest BCUT2D eigenvalue weighted by molar-refractivity contribution is -0.0648. The van der Waals surface area contributed by atoms with Gasteiger partial charge in [-0.15, -0.1) is 10.2 Å². The van der Waals surface area contributed by atoms with Crippen LogP contribution >= 0.6 is 0 Å². The van der Waals surface area contributed by atoms with Crippen LogP contribution < -0.4 is 4.90 Å². The molecule has 0 spiro atoms. The van der Waals surface area contributed by atoms with Gasteiger partial charge in [-0.3, -0.25) is 4.40 Å². The van der Waals surface area contributed by atoms with Crippen molar-refractivity contribution in [3.63, 3.8) is 0 Å². The number of halogens is 4. The molecule has 34 heavy (non-hydrogen) atoms. The molecule has 1 saturated heterocycles. The van der Waals surface area contributed by atoms with Crippen molar-refractivity contribution in [1.29, 1.82) is 0 Å². The molecule has 174 valence electrons. The molecule has 1 aliphatic heterocycles. The fraction of sp³-hybridized carbons (Fsp3) is 0.292. The largest absolute Gasteiger partial charge is 0.378 e. The van der Waals surface area contributed by atoms with Crippen molar-refractivity contribution in [2.75, 3.05) is 24.7 Å². The molecule has 1 fully saturated rings. The molecule has 0 N–H and O–H groups in total. The Hall–Kier alpha value is -3.71. The molecular formula is C24H19F4N5O. The molecule has 4 aromatic rings. The average molecular weight is 469 g/mol. The lowest BCUT2D eigenvalue weighted by Crippen LogP contribution is -2.38. The topological polar surface area (TPSA) is 55.5 Å². The summed E-state index contributed by atoms with van der Waals surface area (Å²) in [6, 6.07) is 7.82. The number of alkyl halides is 2. The Labute approximate surface area is 192 Å². The normalized spacial score (nSPS) is 14.8. The first-order valence-electron chi connectivity index (χ1n) is 10.5. The summed E-state index contributed by atoms with van der Waals surface area (Å²) in [5.74, 6) is 5.42. The van der Waals surface area contributed by atoms with E-state index in [1.165, 1.54) is 30.3 Å². The van der Waals surface area contributed by atoms with E-state index in [0.717, 1.165) is 11.0 Å². The third-order valence-corrected chi connectivity index (χ3v) is 5.57. The van der Waals surface area contributed by atoms with E-state index in [1.807, 2.05) is 6.92 Å². The summed E-state index contributed by atoms with van der Waals surface area (Å²) in [4.78, 5) is 5.55. The molecule has 0 aliphatic carbocycles. The smallest absolute Gasteiger partial charge is 0.257 e. The number of rotatable bonds is 4. The van der Waals surface area contributed by atoms with Crippen LogP contribution in [0.4, 0.5) is 29.1 Å². The fourth-order valence-electron chi connectivity index (χ4n) is 3.91. The van der Waals surface area contributed by atoms with Crippen LogP contribution in [0.1, 0.15) is 18.3 Å². The van der Waals surface area contributed by atoms with Gasteiger partial charge in [-0.1, -0.05) is 11.8 Å². The summed E-state index contributed by atoms with van der Waals surface area (Å²) in [5.41, 5.74) is 0.578. The van der Waals surface area contributed by atoms with Gasteiger partial charge in [-0.25, -0.2) is 17.6 Å². The molecule has 0 amide bonds. The van der Waals surface area contributed by atoms with Crippen molar-refractivity contribution in [3.8, 4) is 11.8 Å². The van der Waals surface area contributed by atoms with Gasteiger partial charge < -0.3 is 9.64 Å². The minimum absolute atomic E-state index is 0.0126. The first-order valence-corrected chi connectivity index (χ1v) is 10.5. The second kappa shape index (κ2) is 8.25. The summed E-state index contributed by atoms with van der Waals surface area (Å²) in [5, 5.41) is 8.25. The molecule has 0 bridgehead atoms. The van der Waals surface area contributed by atoms with Crippen LogP contribution in [0.2, 0.25) is 0 Å². The highest BCUT2D eigenvalue weighted by Gasteiger charge is 2.31. The zero-order valence-corrected chi connectivity index (χ0v) is 18.3. The van der Waals surface area contributed by atoms with Crippen LogP contribution in [-0.2, 0) is 4.74 Å². The predicted octanol–water partition coefficient (Wildman–Crippen LogP) is 4.66. The molecule has 1 aliphatic rings. The minimum Gasteiger partial charge on any atom is -0.378 e. The number of nitrogens with zero attached hydrogens (tertiary/aromatic N) is 5. The highest BCUT2D eigenvalue weighted by molar-refractivity contribution is 5.93. The molecule has 2 aromatic heterocycles. The summed E-state index contributed by atoms with van der Waals surface area (Å²) < 4.78 is 63.0. The van der Waals surface area contributed by atoms with E-state index in [0.29, 0.717) is 30.1 Å². The number of anilines is 2. The highest BCUT2D eigenvalue weighted by atomic mass is 19.3. The standard InChI is InChI=1S/C24H19F4N5O/c1-14-30-31-23-29-22(19-10-16(25)3-4-20(19)33(14)23)32(11-21(27)28)18-8-15(7-17(26)9-18)5-6-24(2)12-34-13-24/h3-4,7-10,21H,11-13H2,1-2H3. The Morgan fingerprint density at radius 3 is 2.62 bits per heavy atom. The van der Waals surface area contributed by atoms with Crippen molar-refractivity contribution >= 4 is 28.2 Å². The molecular weight excluding hydrogens is 450 g/mol. The van der Waals surface area contributed by atoms with Gasteiger partial charge in [0.15, 0.2) is 0 Å². The number of aryl methyl sites for hydroxylation is 1. The lowest BCUT2D eigenvalue weighted by Gasteiger charge is -2.32. The molecule has 0 radical (unpaired) electrons. The summed E-state index contributed by atoms with van der Waals surface area (Å²) in [6.45, 7) is 3.76. The summed E-state index contributed by atoms with van der Waals surface area (Å²) in [7, 11) is 0. The highest BCUT2D eigenvalue weighted by Crippen LogP contribution is 2.34. The number of hydrogen-bond donors (Lipinski definition) is 0. The Bertz CT molecular complexity index is 1470. The number of benzene rings is 2. The van der Waals surface area contributed by atoms with E-state index in [2.05, 4.69) is 27.0 Å². The zero-order valence-electron chi connectivity index (χ0n) is 18.3. The first kappa shape index (κ1) is 22.1. The van der Waals surface area contributed by atoms with Gasteiger partial charge >= 0.3 is 0 Å². The van der Waals surface area contributed by atoms with Crippen molar-refractivity contribution in [2.24, 2.45) is 5.41 Å². The monoisotopic (exact) mass is 469 g/mol. The lowest BCUT2D eigenvalue weighted by atomic mass is 9.89. The van der Waals surface area contributed by atoms with E-state index >= 15 is 0 Å². The molecule has 0 saturated carbocycles. The molecule has 6 nitrogen and oxygen atoms in total. The first-order chi connectivity index (χ1) is 16.2. The predicted molar refractivity (Wildman–Crippen MR) is 118 cm³/mol. The van der Waals surface area contributed by atoms with Crippen molar-refractivity contribution in [2.45, 2.75) is 20.3 Å².